The third-order valence-corrected chi connectivity index (χ3v) is 4.41. The quantitative estimate of drug-likeness (QED) is 0.813. The van der Waals surface area contributed by atoms with E-state index in [-0.39, 0.29) is 17.5 Å². The van der Waals surface area contributed by atoms with Crippen molar-refractivity contribution in [3.63, 3.8) is 0 Å². The lowest BCUT2D eigenvalue weighted by Gasteiger charge is -2.06. The molecule has 2 heterocycles. The average Bonchev–Trinajstić information content (AvgIpc) is 3.16. The molecule has 21 heavy (non-hydrogen) atoms. The zero-order valence-electron chi connectivity index (χ0n) is 11.5. The topological polar surface area (TPSA) is 48.4 Å². The standard InChI is InChI=1S/C15H14FNO3S/c1-19-14-13(12(18)11-6-3-7-20-11)21-15(17-14)9-4-2-5-10(16)8-9/h2,4-5,8,11H,3,6-7H2,1H3. The highest BCUT2D eigenvalue weighted by molar-refractivity contribution is 7.17. The molecule has 1 aromatic carbocycles. The summed E-state index contributed by atoms with van der Waals surface area (Å²) in [6.07, 6.45) is 1.18. The lowest BCUT2D eigenvalue weighted by atomic mass is 10.1. The Balaban J connectivity index is 1.96. The van der Waals surface area contributed by atoms with Gasteiger partial charge in [0.05, 0.1) is 7.11 Å². The predicted octanol–water partition coefficient (Wildman–Crippen LogP) is 3.32. The minimum atomic E-state index is -0.417. The molecule has 1 aliphatic heterocycles. The highest BCUT2D eigenvalue weighted by Gasteiger charge is 2.30. The van der Waals surface area contributed by atoms with E-state index in [2.05, 4.69) is 4.98 Å². The number of methoxy groups -OCH3 is 1. The molecule has 1 atom stereocenters. The number of carbonyl (C=O) groups excluding carboxylic acids is 1. The van der Waals surface area contributed by atoms with E-state index < -0.39 is 6.10 Å². The third kappa shape index (κ3) is 2.82. The van der Waals surface area contributed by atoms with Gasteiger partial charge in [0.2, 0.25) is 11.7 Å². The minimum Gasteiger partial charge on any atom is -0.480 e. The number of nitrogens with zero attached hydrogens (tertiary/aromatic N) is 1. The van der Waals surface area contributed by atoms with Gasteiger partial charge in [-0.25, -0.2) is 9.37 Å². The van der Waals surface area contributed by atoms with E-state index in [1.165, 1.54) is 30.6 Å². The van der Waals surface area contributed by atoms with Crippen molar-refractivity contribution in [3.05, 3.63) is 35.0 Å². The molecule has 0 amide bonds. The predicted molar refractivity (Wildman–Crippen MR) is 77.4 cm³/mol. The lowest BCUT2D eigenvalue weighted by molar-refractivity contribution is 0.0644. The fraction of sp³-hybridized carbons (Fsp3) is 0.333. The summed E-state index contributed by atoms with van der Waals surface area (Å²) < 4.78 is 23.9. The van der Waals surface area contributed by atoms with Crippen molar-refractivity contribution in [1.29, 1.82) is 0 Å². The summed E-state index contributed by atoms with van der Waals surface area (Å²) in [5.74, 6) is -0.169. The van der Waals surface area contributed by atoms with E-state index in [1.807, 2.05) is 0 Å². The first-order valence-electron chi connectivity index (χ1n) is 6.65. The minimum absolute atomic E-state index is 0.107. The summed E-state index contributed by atoms with van der Waals surface area (Å²) >= 11 is 1.21. The first kappa shape index (κ1) is 14.2. The molecule has 0 bridgehead atoms. The van der Waals surface area contributed by atoms with Crippen LogP contribution < -0.4 is 4.74 Å². The Morgan fingerprint density at radius 3 is 3.05 bits per heavy atom. The number of carbonyl (C=O) groups is 1. The molecule has 110 valence electrons. The molecule has 1 fully saturated rings. The molecule has 6 heteroatoms. The number of Topliss-reactive ketones (excluding diaryl/α,β-unsaturated/α-hetero) is 1. The number of hydrogen-bond acceptors (Lipinski definition) is 5. The second-order valence-electron chi connectivity index (χ2n) is 4.73. The van der Waals surface area contributed by atoms with E-state index in [1.54, 1.807) is 12.1 Å². The molecule has 4 nitrogen and oxygen atoms in total. The summed E-state index contributed by atoms with van der Waals surface area (Å²) in [4.78, 5) is 17.1. The number of ketones is 1. The zero-order chi connectivity index (χ0) is 14.8. The van der Waals surface area contributed by atoms with Gasteiger partial charge in [0, 0.05) is 12.2 Å². The van der Waals surface area contributed by atoms with Crippen LogP contribution in [-0.2, 0) is 4.74 Å². The van der Waals surface area contributed by atoms with E-state index in [0.29, 0.717) is 22.1 Å². The van der Waals surface area contributed by atoms with Crippen molar-refractivity contribution in [3.8, 4) is 16.5 Å². The van der Waals surface area contributed by atoms with Gasteiger partial charge in [0.15, 0.2) is 0 Å². The van der Waals surface area contributed by atoms with Crippen LogP contribution in [-0.4, -0.2) is 30.6 Å². The first-order chi connectivity index (χ1) is 10.2. The van der Waals surface area contributed by atoms with Crippen molar-refractivity contribution < 1.29 is 18.7 Å². The molecule has 1 unspecified atom stereocenters. The summed E-state index contributed by atoms with van der Waals surface area (Å²) in [6, 6.07) is 6.12. The molecule has 3 rings (SSSR count). The number of ether oxygens (including phenoxy) is 2. The highest BCUT2D eigenvalue weighted by Crippen LogP contribution is 2.34. The fourth-order valence-corrected chi connectivity index (χ4v) is 3.29. The summed E-state index contributed by atoms with van der Waals surface area (Å²) in [5, 5.41) is 0.563. The molecular formula is C15H14FNO3S. The molecule has 1 aromatic heterocycles. The second kappa shape index (κ2) is 5.91. The van der Waals surface area contributed by atoms with Crippen molar-refractivity contribution in [2.45, 2.75) is 18.9 Å². The Morgan fingerprint density at radius 1 is 1.52 bits per heavy atom. The highest BCUT2D eigenvalue weighted by atomic mass is 32.1. The van der Waals surface area contributed by atoms with Crippen molar-refractivity contribution in [2.24, 2.45) is 0 Å². The van der Waals surface area contributed by atoms with Gasteiger partial charge >= 0.3 is 0 Å². The Kier molecular flexibility index (Phi) is 3.98. The Morgan fingerprint density at radius 2 is 2.38 bits per heavy atom. The van der Waals surface area contributed by atoms with Crippen molar-refractivity contribution in [2.75, 3.05) is 13.7 Å². The zero-order valence-corrected chi connectivity index (χ0v) is 12.3. The molecule has 0 spiro atoms. The van der Waals surface area contributed by atoms with Crippen LogP contribution in [0.25, 0.3) is 10.6 Å². The maximum absolute atomic E-state index is 13.3. The maximum atomic E-state index is 13.3. The Hall–Kier alpha value is -1.79. The largest absolute Gasteiger partial charge is 0.480 e. The molecule has 0 N–H and O–H groups in total. The molecule has 1 aliphatic rings. The van der Waals surface area contributed by atoms with Gasteiger partial charge in [0.1, 0.15) is 21.8 Å². The van der Waals surface area contributed by atoms with Gasteiger partial charge in [-0.1, -0.05) is 12.1 Å². The van der Waals surface area contributed by atoms with Crippen LogP contribution in [0.2, 0.25) is 0 Å². The number of hydrogen-bond donors (Lipinski definition) is 0. The second-order valence-corrected chi connectivity index (χ2v) is 5.73. The van der Waals surface area contributed by atoms with Gasteiger partial charge in [0.25, 0.3) is 0 Å². The normalized spacial score (nSPS) is 17.9. The van der Waals surface area contributed by atoms with Crippen molar-refractivity contribution >= 4 is 17.1 Å². The summed E-state index contributed by atoms with van der Waals surface area (Å²) in [6.45, 7) is 0.605. The summed E-state index contributed by atoms with van der Waals surface area (Å²) in [7, 11) is 1.47. The Labute approximate surface area is 125 Å². The van der Waals surface area contributed by atoms with Gasteiger partial charge in [-0.2, -0.15) is 0 Å². The molecule has 0 aliphatic carbocycles. The number of rotatable bonds is 4. The van der Waals surface area contributed by atoms with Crippen LogP contribution in [0, 0.1) is 5.82 Å². The van der Waals surface area contributed by atoms with Crippen LogP contribution in [0.5, 0.6) is 5.88 Å². The van der Waals surface area contributed by atoms with Crippen LogP contribution in [0.4, 0.5) is 4.39 Å². The van der Waals surface area contributed by atoms with Gasteiger partial charge in [-0.15, -0.1) is 11.3 Å². The summed E-state index contributed by atoms with van der Waals surface area (Å²) in [5.41, 5.74) is 0.629. The third-order valence-electron chi connectivity index (χ3n) is 3.31. The van der Waals surface area contributed by atoms with E-state index in [0.717, 1.165) is 12.8 Å². The first-order valence-corrected chi connectivity index (χ1v) is 7.47. The van der Waals surface area contributed by atoms with Gasteiger partial charge < -0.3 is 9.47 Å². The number of aromatic nitrogens is 1. The van der Waals surface area contributed by atoms with Gasteiger partial charge in [-0.3, -0.25) is 4.79 Å². The fourth-order valence-electron chi connectivity index (χ4n) is 2.28. The van der Waals surface area contributed by atoms with Crippen LogP contribution >= 0.6 is 11.3 Å². The molecule has 1 saturated heterocycles. The molecule has 0 radical (unpaired) electrons. The van der Waals surface area contributed by atoms with Crippen LogP contribution in [0.3, 0.4) is 0 Å². The van der Waals surface area contributed by atoms with Crippen LogP contribution in [0.1, 0.15) is 22.5 Å². The van der Waals surface area contributed by atoms with E-state index in [4.69, 9.17) is 9.47 Å². The van der Waals surface area contributed by atoms with E-state index in [9.17, 15) is 9.18 Å². The number of thiazole rings is 1. The van der Waals surface area contributed by atoms with E-state index >= 15 is 0 Å². The molecular weight excluding hydrogens is 293 g/mol. The molecule has 0 saturated carbocycles. The molecule has 2 aromatic rings. The lowest BCUT2D eigenvalue weighted by Crippen LogP contribution is -2.18. The Bertz CT molecular complexity index is 665. The van der Waals surface area contributed by atoms with Crippen molar-refractivity contribution in [1.82, 2.24) is 4.98 Å². The monoisotopic (exact) mass is 307 g/mol. The number of halogens is 1. The van der Waals surface area contributed by atoms with Crippen LogP contribution in [0.15, 0.2) is 24.3 Å². The average molecular weight is 307 g/mol. The maximum Gasteiger partial charge on any atom is 0.236 e. The smallest absolute Gasteiger partial charge is 0.236 e. The number of benzene rings is 1. The van der Waals surface area contributed by atoms with Gasteiger partial charge in [-0.05, 0) is 25.0 Å². The SMILES string of the molecule is COc1nc(-c2cccc(F)c2)sc1C(=O)C1CCCO1.